The van der Waals surface area contributed by atoms with E-state index in [1.54, 1.807) is 18.2 Å². The first-order valence-corrected chi connectivity index (χ1v) is 10.9. The number of methoxy groups -OCH3 is 1. The molecule has 0 spiro atoms. The summed E-state index contributed by atoms with van der Waals surface area (Å²) in [4.78, 5) is 12.2. The molecule has 1 aromatic heterocycles. The lowest BCUT2D eigenvalue weighted by Crippen LogP contribution is -2.17. The number of halogens is 4. The van der Waals surface area contributed by atoms with Gasteiger partial charge in [0.05, 0.1) is 28.8 Å². The zero-order valence-corrected chi connectivity index (χ0v) is 17.5. The number of ether oxygens (including phenoxy) is 1. The summed E-state index contributed by atoms with van der Waals surface area (Å²) in [6.45, 7) is 0. The molecule has 3 aromatic rings. The van der Waals surface area contributed by atoms with Crippen LogP contribution in [0, 0.1) is 0 Å². The number of carbonyl (C=O) groups excluding carboxylic acids is 1. The van der Waals surface area contributed by atoms with E-state index >= 15 is 0 Å². The van der Waals surface area contributed by atoms with Gasteiger partial charge in [-0.15, -0.1) is 11.3 Å². The summed E-state index contributed by atoms with van der Waals surface area (Å²) < 4.78 is 71.6. The molecule has 11 heteroatoms. The molecule has 0 unspecified atom stereocenters. The summed E-state index contributed by atoms with van der Waals surface area (Å²) >= 11 is 7.09. The van der Waals surface area contributed by atoms with Crippen molar-refractivity contribution in [2.45, 2.75) is 11.1 Å². The summed E-state index contributed by atoms with van der Waals surface area (Å²) in [5.41, 5.74) is -0.839. The fourth-order valence-electron chi connectivity index (χ4n) is 2.60. The second kappa shape index (κ2) is 8.29. The number of esters is 1. The molecule has 0 aliphatic heterocycles. The van der Waals surface area contributed by atoms with Gasteiger partial charge in [0.1, 0.15) is 0 Å². The minimum absolute atomic E-state index is 0.0977. The van der Waals surface area contributed by atoms with Crippen LogP contribution in [0.4, 0.5) is 18.9 Å². The lowest BCUT2D eigenvalue weighted by Gasteiger charge is -2.15. The molecular weight excluding hydrogens is 463 g/mol. The van der Waals surface area contributed by atoms with Gasteiger partial charge >= 0.3 is 12.1 Å². The van der Waals surface area contributed by atoms with Crippen molar-refractivity contribution in [3.05, 3.63) is 70.1 Å². The van der Waals surface area contributed by atoms with Gasteiger partial charge in [-0.25, -0.2) is 13.2 Å². The van der Waals surface area contributed by atoms with Crippen LogP contribution in [-0.4, -0.2) is 21.5 Å². The van der Waals surface area contributed by atoms with Crippen LogP contribution in [0.1, 0.15) is 15.9 Å². The van der Waals surface area contributed by atoms with Crippen molar-refractivity contribution < 1.29 is 31.1 Å². The smallest absolute Gasteiger partial charge is 0.416 e. The molecule has 0 amide bonds. The Labute approximate surface area is 179 Å². The normalized spacial score (nSPS) is 11.9. The molecule has 0 aliphatic rings. The third kappa shape index (κ3) is 4.77. The number of hydrogen-bond acceptors (Lipinski definition) is 5. The number of thiophene rings is 1. The monoisotopic (exact) mass is 475 g/mol. The summed E-state index contributed by atoms with van der Waals surface area (Å²) in [5.74, 6) is -0.812. The molecule has 0 saturated carbocycles. The zero-order chi connectivity index (χ0) is 22.1. The van der Waals surface area contributed by atoms with Crippen molar-refractivity contribution in [3.63, 3.8) is 0 Å². The van der Waals surface area contributed by atoms with Gasteiger partial charge in [-0.2, -0.15) is 13.2 Å². The second-order valence-corrected chi connectivity index (χ2v) is 9.07. The Morgan fingerprint density at radius 1 is 1.13 bits per heavy atom. The molecule has 30 heavy (non-hydrogen) atoms. The number of benzene rings is 2. The van der Waals surface area contributed by atoms with Crippen molar-refractivity contribution >= 4 is 44.6 Å². The Hall–Kier alpha value is -2.56. The highest BCUT2D eigenvalue weighted by Gasteiger charge is 2.33. The van der Waals surface area contributed by atoms with Crippen molar-refractivity contribution in [3.8, 4) is 10.4 Å². The van der Waals surface area contributed by atoms with Crippen LogP contribution in [0.15, 0.2) is 58.8 Å². The number of carbonyl (C=O) groups is 1. The lowest BCUT2D eigenvalue weighted by atomic mass is 10.1. The Balaban J connectivity index is 2.09. The Morgan fingerprint density at radius 3 is 2.47 bits per heavy atom. The van der Waals surface area contributed by atoms with Gasteiger partial charge in [0.15, 0.2) is 0 Å². The van der Waals surface area contributed by atoms with Crippen LogP contribution in [0.2, 0.25) is 5.02 Å². The first-order valence-electron chi connectivity index (χ1n) is 8.18. The van der Waals surface area contributed by atoms with Gasteiger partial charge in [-0.1, -0.05) is 23.7 Å². The lowest BCUT2D eigenvalue weighted by molar-refractivity contribution is -0.137. The van der Waals surface area contributed by atoms with Gasteiger partial charge in [0.25, 0.3) is 10.0 Å². The maximum Gasteiger partial charge on any atom is 0.416 e. The number of hydrogen-bond donors (Lipinski definition) is 1. The maximum absolute atomic E-state index is 13.1. The van der Waals surface area contributed by atoms with E-state index in [9.17, 15) is 26.4 Å². The Bertz CT molecular complexity index is 1190. The molecule has 3 rings (SSSR count). The van der Waals surface area contributed by atoms with E-state index in [1.165, 1.54) is 23.5 Å². The summed E-state index contributed by atoms with van der Waals surface area (Å²) in [5, 5.41) is 1.42. The van der Waals surface area contributed by atoms with E-state index in [4.69, 9.17) is 11.6 Å². The first-order chi connectivity index (χ1) is 14.0. The highest BCUT2D eigenvalue weighted by Crippen LogP contribution is 2.34. The van der Waals surface area contributed by atoms with Crippen LogP contribution < -0.4 is 4.72 Å². The number of alkyl halides is 3. The zero-order valence-electron chi connectivity index (χ0n) is 15.2. The molecule has 0 radical (unpaired) electrons. The molecule has 0 bridgehead atoms. The van der Waals surface area contributed by atoms with E-state index in [0.29, 0.717) is 17.7 Å². The van der Waals surface area contributed by atoms with Crippen LogP contribution in [0.3, 0.4) is 0 Å². The van der Waals surface area contributed by atoms with Crippen LogP contribution in [-0.2, 0) is 20.9 Å². The predicted octanol–water partition coefficient (Wildman–Crippen LogP) is 5.67. The maximum atomic E-state index is 13.1. The number of rotatable bonds is 5. The topological polar surface area (TPSA) is 72.5 Å². The van der Waals surface area contributed by atoms with Crippen LogP contribution in [0.25, 0.3) is 10.4 Å². The molecule has 1 N–H and O–H groups in total. The molecule has 0 fully saturated rings. The summed E-state index contributed by atoms with van der Waals surface area (Å²) in [6, 6.07) is 9.96. The summed E-state index contributed by atoms with van der Waals surface area (Å²) in [7, 11) is -3.38. The average molecular weight is 476 g/mol. The van der Waals surface area contributed by atoms with E-state index in [0.717, 1.165) is 18.1 Å². The Kier molecular flexibility index (Phi) is 6.11. The molecular formula is C19H13ClF3NO4S2. The Morgan fingerprint density at radius 2 is 1.87 bits per heavy atom. The molecule has 0 aliphatic carbocycles. The molecule has 2 aromatic carbocycles. The van der Waals surface area contributed by atoms with Crippen LogP contribution in [0.5, 0.6) is 0 Å². The third-order valence-electron chi connectivity index (χ3n) is 3.98. The second-order valence-electron chi connectivity index (χ2n) is 6.01. The SMILES string of the molecule is COC(=O)c1ccc(-c2cccs2)cc1NS(=O)(=O)c1cc(Cl)cc(C(F)(F)F)c1. The van der Waals surface area contributed by atoms with E-state index < -0.39 is 37.7 Å². The van der Waals surface area contributed by atoms with E-state index in [1.807, 2.05) is 5.38 Å². The van der Waals surface area contributed by atoms with Gasteiger partial charge < -0.3 is 4.74 Å². The van der Waals surface area contributed by atoms with Crippen molar-refractivity contribution in [1.29, 1.82) is 0 Å². The summed E-state index contributed by atoms with van der Waals surface area (Å²) in [6.07, 6.45) is -4.79. The van der Waals surface area contributed by atoms with Gasteiger partial charge in [0.2, 0.25) is 0 Å². The fourth-order valence-corrected chi connectivity index (χ4v) is 4.76. The van der Waals surface area contributed by atoms with Crippen LogP contribution >= 0.6 is 22.9 Å². The van der Waals surface area contributed by atoms with Crippen molar-refractivity contribution in [2.24, 2.45) is 0 Å². The number of nitrogens with one attached hydrogen (secondary N) is 1. The van der Waals surface area contributed by atoms with E-state index in [2.05, 4.69) is 9.46 Å². The highest BCUT2D eigenvalue weighted by molar-refractivity contribution is 7.92. The first kappa shape index (κ1) is 22.1. The van der Waals surface area contributed by atoms with Gasteiger partial charge in [0, 0.05) is 9.90 Å². The number of sulfonamides is 1. The minimum atomic E-state index is -4.79. The standard InChI is InChI=1S/C19H13ClF3NO4S2/c1-28-18(25)15-5-4-11(17-3-2-6-29-17)7-16(15)24-30(26,27)14-9-12(19(21,22)23)8-13(20)10-14/h2-10,24H,1H3. The third-order valence-corrected chi connectivity index (χ3v) is 6.47. The molecule has 5 nitrogen and oxygen atoms in total. The molecule has 0 saturated heterocycles. The minimum Gasteiger partial charge on any atom is -0.465 e. The quantitative estimate of drug-likeness (QED) is 0.482. The van der Waals surface area contributed by atoms with Crippen molar-refractivity contribution in [1.82, 2.24) is 0 Å². The van der Waals surface area contributed by atoms with Crippen molar-refractivity contribution in [2.75, 3.05) is 11.8 Å². The molecule has 1 heterocycles. The van der Waals surface area contributed by atoms with Gasteiger partial charge in [-0.05, 0) is 47.3 Å². The van der Waals surface area contributed by atoms with Gasteiger partial charge in [-0.3, -0.25) is 4.72 Å². The molecule has 0 atom stereocenters. The molecule has 158 valence electrons. The highest BCUT2D eigenvalue weighted by atomic mass is 35.5. The average Bonchev–Trinajstić information content (AvgIpc) is 3.20. The fraction of sp³-hybridized carbons (Fsp3) is 0.105. The number of anilines is 1. The predicted molar refractivity (Wildman–Crippen MR) is 108 cm³/mol. The largest absolute Gasteiger partial charge is 0.465 e. The van der Waals surface area contributed by atoms with E-state index in [-0.39, 0.29) is 11.3 Å².